The van der Waals surface area contributed by atoms with Crippen molar-refractivity contribution >= 4 is 23.3 Å². The highest BCUT2D eigenvalue weighted by Gasteiger charge is 2.10. The Labute approximate surface area is 114 Å². The third kappa shape index (κ3) is 2.66. The van der Waals surface area contributed by atoms with Crippen molar-refractivity contribution in [2.45, 2.75) is 52.5 Å². The van der Waals surface area contributed by atoms with Crippen LogP contribution < -0.4 is 0 Å². The van der Waals surface area contributed by atoms with E-state index >= 15 is 0 Å². The maximum Gasteiger partial charge on any atom is 0.178 e. The van der Waals surface area contributed by atoms with Gasteiger partial charge in [-0.1, -0.05) is 32.3 Å². The van der Waals surface area contributed by atoms with Crippen LogP contribution in [-0.4, -0.2) is 9.55 Å². The van der Waals surface area contributed by atoms with Crippen molar-refractivity contribution in [3.63, 3.8) is 0 Å². The van der Waals surface area contributed by atoms with Gasteiger partial charge in [0.25, 0.3) is 0 Å². The van der Waals surface area contributed by atoms with E-state index in [-0.39, 0.29) is 0 Å². The lowest BCUT2D eigenvalue weighted by molar-refractivity contribution is 0.483. The van der Waals surface area contributed by atoms with Crippen LogP contribution in [0.3, 0.4) is 0 Å². The minimum atomic E-state index is 0.472. The normalized spacial score (nSPS) is 13.1. The van der Waals surface area contributed by atoms with Gasteiger partial charge in [0.2, 0.25) is 0 Å². The van der Waals surface area contributed by atoms with Crippen molar-refractivity contribution in [1.82, 2.24) is 9.55 Å². The molecule has 2 rings (SSSR count). The molecule has 2 nitrogen and oxygen atoms in total. The first kappa shape index (κ1) is 13.3. The molecule has 18 heavy (non-hydrogen) atoms. The van der Waals surface area contributed by atoms with Crippen LogP contribution in [0.2, 0.25) is 0 Å². The first-order valence-corrected chi connectivity index (χ1v) is 7.25. The van der Waals surface area contributed by atoms with E-state index in [2.05, 4.69) is 48.5 Å². The number of hydrogen-bond acceptors (Lipinski definition) is 1. The Hall–Kier alpha value is -1.09. The summed E-state index contributed by atoms with van der Waals surface area (Å²) in [5.74, 6) is 0. The fourth-order valence-corrected chi connectivity index (χ4v) is 2.88. The Kier molecular flexibility index (Phi) is 4.23. The summed E-state index contributed by atoms with van der Waals surface area (Å²) in [6, 6.07) is 6.94. The van der Waals surface area contributed by atoms with Gasteiger partial charge in [0.15, 0.2) is 4.77 Å². The van der Waals surface area contributed by atoms with Crippen LogP contribution in [0.25, 0.3) is 11.0 Å². The topological polar surface area (TPSA) is 20.7 Å². The molecule has 0 aliphatic carbocycles. The standard InChI is InChI=1S/C15H22N2S/c1-4-5-6-7-12(3)17-14-10-11(2)8-9-13(14)16-15(17)18/h8-10,12H,4-7H2,1-3H3,(H,16,18). The molecule has 0 spiro atoms. The number of H-pyrrole nitrogens is 1. The Bertz CT molecular complexity index is 580. The van der Waals surface area contributed by atoms with Gasteiger partial charge in [-0.3, -0.25) is 0 Å². The molecular formula is C15H22N2S. The van der Waals surface area contributed by atoms with Crippen molar-refractivity contribution in [2.24, 2.45) is 0 Å². The van der Waals surface area contributed by atoms with Gasteiger partial charge >= 0.3 is 0 Å². The Morgan fingerprint density at radius 1 is 1.33 bits per heavy atom. The molecule has 1 aromatic carbocycles. The molecular weight excluding hydrogens is 240 g/mol. The van der Waals surface area contributed by atoms with Gasteiger partial charge in [-0.05, 0) is 50.2 Å². The zero-order valence-electron chi connectivity index (χ0n) is 11.5. The van der Waals surface area contributed by atoms with Crippen molar-refractivity contribution in [3.8, 4) is 0 Å². The molecule has 1 unspecified atom stereocenters. The number of benzene rings is 1. The molecule has 0 saturated heterocycles. The lowest BCUT2D eigenvalue weighted by Gasteiger charge is -2.14. The molecule has 1 heterocycles. The summed E-state index contributed by atoms with van der Waals surface area (Å²) < 4.78 is 3.12. The predicted molar refractivity (Wildman–Crippen MR) is 80.7 cm³/mol. The lowest BCUT2D eigenvalue weighted by atomic mass is 10.1. The number of fused-ring (bicyclic) bond motifs is 1. The summed E-state index contributed by atoms with van der Waals surface area (Å²) in [6.07, 6.45) is 5.05. The highest BCUT2D eigenvalue weighted by Crippen LogP contribution is 2.23. The van der Waals surface area contributed by atoms with Crippen LogP contribution in [0.5, 0.6) is 0 Å². The number of aromatic nitrogens is 2. The molecule has 0 radical (unpaired) electrons. The molecule has 0 fully saturated rings. The van der Waals surface area contributed by atoms with Crippen LogP contribution in [0.1, 0.15) is 51.1 Å². The molecule has 0 aliphatic rings. The molecule has 98 valence electrons. The van der Waals surface area contributed by atoms with Crippen LogP contribution in [-0.2, 0) is 0 Å². The quantitative estimate of drug-likeness (QED) is 0.584. The average Bonchev–Trinajstić information content (AvgIpc) is 2.64. The second kappa shape index (κ2) is 5.70. The van der Waals surface area contributed by atoms with Crippen LogP contribution >= 0.6 is 12.2 Å². The zero-order chi connectivity index (χ0) is 13.1. The van der Waals surface area contributed by atoms with Crippen molar-refractivity contribution in [1.29, 1.82) is 0 Å². The second-order valence-electron chi connectivity index (χ2n) is 5.17. The van der Waals surface area contributed by atoms with E-state index in [4.69, 9.17) is 12.2 Å². The van der Waals surface area contributed by atoms with Gasteiger partial charge in [-0.15, -0.1) is 0 Å². The summed E-state index contributed by atoms with van der Waals surface area (Å²) in [7, 11) is 0. The number of nitrogens with zero attached hydrogens (tertiary/aromatic N) is 1. The van der Waals surface area contributed by atoms with Gasteiger partial charge in [0.1, 0.15) is 0 Å². The van der Waals surface area contributed by atoms with E-state index in [1.807, 2.05) is 0 Å². The first-order valence-electron chi connectivity index (χ1n) is 6.84. The molecule has 0 bridgehead atoms. The number of imidazole rings is 1. The van der Waals surface area contributed by atoms with Crippen LogP contribution in [0.15, 0.2) is 18.2 Å². The largest absolute Gasteiger partial charge is 0.331 e. The van der Waals surface area contributed by atoms with Gasteiger partial charge in [0, 0.05) is 6.04 Å². The molecule has 1 aromatic heterocycles. The zero-order valence-corrected chi connectivity index (χ0v) is 12.3. The highest BCUT2D eigenvalue weighted by molar-refractivity contribution is 7.71. The van der Waals surface area contributed by atoms with E-state index in [9.17, 15) is 0 Å². The van der Waals surface area contributed by atoms with Gasteiger partial charge < -0.3 is 9.55 Å². The van der Waals surface area contributed by atoms with E-state index in [0.717, 1.165) is 10.3 Å². The molecule has 2 aromatic rings. The fraction of sp³-hybridized carbons (Fsp3) is 0.533. The summed E-state index contributed by atoms with van der Waals surface area (Å²) in [5, 5.41) is 0. The van der Waals surface area contributed by atoms with E-state index in [1.165, 1.54) is 36.8 Å². The Morgan fingerprint density at radius 3 is 2.83 bits per heavy atom. The maximum atomic E-state index is 5.46. The Morgan fingerprint density at radius 2 is 2.11 bits per heavy atom. The third-order valence-electron chi connectivity index (χ3n) is 3.54. The summed E-state index contributed by atoms with van der Waals surface area (Å²) in [6.45, 7) is 6.63. The minimum absolute atomic E-state index is 0.472. The SMILES string of the molecule is CCCCCC(C)n1c(=S)[nH]c2ccc(C)cc21. The van der Waals surface area contributed by atoms with Crippen molar-refractivity contribution in [3.05, 3.63) is 28.5 Å². The van der Waals surface area contributed by atoms with Crippen molar-refractivity contribution < 1.29 is 0 Å². The van der Waals surface area contributed by atoms with E-state index in [0.29, 0.717) is 6.04 Å². The minimum Gasteiger partial charge on any atom is -0.331 e. The van der Waals surface area contributed by atoms with Crippen LogP contribution in [0, 0.1) is 11.7 Å². The molecule has 0 amide bonds. The lowest BCUT2D eigenvalue weighted by Crippen LogP contribution is -2.05. The van der Waals surface area contributed by atoms with E-state index in [1.54, 1.807) is 0 Å². The Balaban J connectivity index is 2.34. The average molecular weight is 262 g/mol. The first-order chi connectivity index (χ1) is 8.63. The number of unbranched alkanes of at least 4 members (excludes halogenated alkanes) is 2. The van der Waals surface area contributed by atoms with E-state index < -0.39 is 0 Å². The van der Waals surface area contributed by atoms with Gasteiger partial charge in [-0.2, -0.15) is 0 Å². The molecule has 1 atom stereocenters. The summed E-state index contributed by atoms with van der Waals surface area (Å²) in [5.41, 5.74) is 3.67. The summed E-state index contributed by atoms with van der Waals surface area (Å²) >= 11 is 5.46. The highest BCUT2D eigenvalue weighted by atomic mass is 32.1. The number of aryl methyl sites for hydroxylation is 1. The molecule has 0 aliphatic heterocycles. The number of aromatic amines is 1. The van der Waals surface area contributed by atoms with Gasteiger partial charge in [-0.25, -0.2) is 0 Å². The monoisotopic (exact) mass is 262 g/mol. The summed E-state index contributed by atoms with van der Waals surface area (Å²) in [4.78, 5) is 3.30. The van der Waals surface area contributed by atoms with Gasteiger partial charge in [0.05, 0.1) is 11.0 Å². The van der Waals surface area contributed by atoms with Crippen LogP contribution in [0.4, 0.5) is 0 Å². The molecule has 3 heteroatoms. The number of hydrogen-bond donors (Lipinski definition) is 1. The smallest absolute Gasteiger partial charge is 0.178 e. The second-order valence-corrected chi connectivity index (χ2v) is 5.55. The third-order valence-corrected chi connectivity index (χ3v) is 3.84. The molecule has 0 saturated carbocycles. The van der Waals surface area contributed by atoms with Crippen molar-refractivity contribution in [2.75, 3.05) is 0 Å². The molecule has 1 N–H and O–H groups in total. The predicted octanol–water partition coefficient (Wildman–Crippen LogP) is 5.15. The number of nitrogens with one attached hydrogen (secondary N) is 1. The fourth-order valence-electron chi connectivity index (χ4n) is 2.49. The maximum absolute atomic E-state index is 5.46. The number of rotatable bonds is 5.